The van der Waals surface area contributed by atoms with Gasteiger partial charge >= 0.3 is 0 Å². The number of nitrogens with one attached hydrogen (secondary N) is 1. The minimum Gasteiger partial charge on any atom is -0.353 e. The SMILES string of the molecule is NCCc1ccc(N2CC(=O)NC(=O)C2)cc1. The van der Waals surface area contributed by atoms with Crippen molar-refractivity contribution in [3.63, 3.8) is 0 Å². The van der Waals surface area contributed by atoms with Crippen LogP contribution in [0.2, 0.25) is 0 Å². The van der Waals surface area contributed by atoms with E-state index in [9.17, 15) is 9.59 Å². The number of anilines is 1. The van der Waals surface area contributed by atoms with Crippen LogP contribution in [-0.2, 0) is 16.0 Å². The number of carbonyl (C=O) groups is 2. The number of nitrogens with zero attached hydrogens (tertiary/aromatic N) is 1. The largest absolute Gasteiger partial charge is 0.353 e. The minimum absolute atomic E-state index is 0.224. The van der Waals surface area contributed by atoms with Crippen LogP contribution < -0.4 is 16.0 Å². The van der Waals surface area contributed by atoms with Crippen LogP contribution in [0.1, 0.15) is 5.56 Å². The van der Waals surface area contributed by atoms with Crippen molar-refractivity contribution in [2.45, 2.75) is 6.42 Å². The molecule has 0 saturated carbocycles. The van der Waals surface area contributed by atoms with Crippen LogP contribution in [0, 0.1) is 0 Å². The quantitative estimate of drug-likeness (QED) is 0.700. The standard InChI is InChI=1S/C12H15N3O2/c13-6-5-9-1-3-10(4-2-9)15-7-11(16)14-12(17)8-15/h1-4H,5-8,13H2,(H,14,16,17). The first kappa shape index (κ1) is 11.6. The summed E-state index contributed by atoms with van der Waals surface area (Å²) in [4.78, 5) is 24.2. The molecule has 0 bridgehead atoms. The molecule has 1 aromatic rings. The molecule has 0 radical (unpaired) electrons. The molecule has 0 aliphatic carbocycles. The summed E-state index contributed by atoms with van der Waals surface area (Å²) in [5, 5.41) is 2.27. The molecule has 1 aliphatic rings. The Morgan fingerprint density at radius 1 is 1.12 bits per heavy atom. The summed E-state index contributed by atoms with van der Waals surface area (Å²) in [6.45, 7) is 1.06. The highest BCUT2D eigenvalue weighted by Crippen LogP contribution is 2.16. The summed E-state index contributed by atoms with van der Waals surface area (Å²) in [6, 6.07) is 7.77. The van der Waals surface area contributed by atoms with Gasteiger partial charge in [0.25, 0.3) is 0 Å². The number of hydrogen-bond donors (Lipinski definition) is 2. The zero-order valence-corrected chi connectivity index (χ0v) is 9.48. The fraction of sp³-hybridized carbons (Fsp3) is 0.333. The smallest absolute Gasteiger partial charge is 0.246 e. The fourth-order valence-electron chi connectivity index (χ4n) is 1.86. The second-order valence-corrected chi connectivity index (χ2v) is 4.03. The lowest BCUT2D eigenvalue weighted by atomic mass is 10.1. The summed E-state index contributed by atoms with van der Waals surface area (Å²) < 4.78 is 0. The Labute approximate surface area is 99.6 Å². The Bertz CT molecular complexity index is 412. The second kappa shape index (κ2) is 4.97. The molecule has 0 spiro atoms. The van der Waals surface area contributed by atoms with E-state index in [2.05, 4.69) is 5.32 Å². The topological polar surface area (TPSA) is 75.4 Å². The van der Waals surface area contributed by atoms with Crippen molar-refractivity contribution >= 4 is 17.5 Å². The summed E-state index contributed by atoms with van der Waals surface area (Å²) in [5.41, 5.74) is 7.51. The van der Waals surface area contributed by atoms with Crippen molar-refractivity contribution in [1.29, 1.82) is 0 Å². The highest BCUT2D eigenvalue weighted by atomic mass is 16.2. The van der Waals surface area contributed by atoms with Crippen LogP contribution >= 0.6 is 0 Å². The van der Waals surface area contributed by atoms with Gasteiger partial charge in [-0.2, -0.15) is 0 Å². The van der Waals surface area contributed by atoms with Crippen LogP contribution in [0.5, 0.6) is 0 Å². The van der Waals surface area contributed by atoms with Crippen molar-refractivity contribution in [1.82, 2.24) is 5.32 Å². The summed E-state index contributed by atoms with van der Waals surface area (Å²) in [7, 11) is 0. The predicted molar refractivity (Wildman–Crippen MR) is 64.6 cm³/mol. The zero-order chi connectivity index (χ0) is 12.3. The van der Waals surface area contributed by atoms with E-state index < -0.39 is 0 Å². The molecule has 5 heteroatoms. The molecule has 2 rings (SSSR count). The number of nitrogens with two attached hydrogens (primary N) is 1. The summed E-state index contributed by atoms with van der Waals surface area (Å²) in [5.74, 6) is -0.514. The number of amides is 2. The van der Waals surface area contributed by atoms with Gasteiger partial charge in [-0.15, -0.1) is 0 Å². The molecule has 1 fully saturated rings. The molecule has 0 aromatic heterocycles. The van der Waals surface area contributed by atoms with Gasteiger partial charge in [0.1, 0.15) is 0 Å². The van der Waals surface area contributed by atoms with Gasteiger partial charge in [-0.3, -0.25) is 14.9 Å². The molecular formula is C12H15N3O2. The van der Waals surface area contributed by atoms with E-state index in [0.29, 0.717) is 6.54 Å². The first-order valence-corrected chi connectivity index (χ1v) is 5.55. The summed E-state index contributed by atoms with van der Waals surface area (Å²) >= 11 is 0. The van der Waals surface area contributed by atoms with E-state index in [1.54, 1.807) is 4.90 Å². The Kier molecular flexibility index (Phi) is 3.39. The lowest BCUT2D eigenvalue weighted by molar-refractivity contribution is -0.130. The molecule has 1 heterocycles. The Morgan fingerprint density at radius 3 is 2.24 bits per heavy atom. The first-order chi connectivity index (χ1) is 8.19. The molecule has 0 unspecified atom stereocenters. The summed E-state index contributed by atoms with van der Waals surface area (Å²) in [6.07, 6.45) is 0.833. The van der Waals surface area contributed by atoms with Crippen molar-refractivity contribution in [2.75, 3.05) is 24.5 Å². The van der Waals surface area contributed by atoms with Gasteiger partial charge in [-0.05, 0) is 30.7 Å². The lowest BCUT2D eigenvalue weighted by Crippen LogP contribution is -2.51. The van der Waals surface area contributed by atoms with Crippen LogP contribution in [0.3, 0.4) is 0 Å². The number of hydrogen-bond acceptors (Lipinski definition) is 4. The van der Waals surface area contributed by atoms with Gasteiger partial charge in [-0.25, -0.2) is 0 Å². The average Bonchev–Trinajstić information content (AvgIpc) is 2.29. The van der Waals surface area contributed by atoms with Crippen molar-refractivity contribution in [3.05, 3.63) is 29.8 Å². The van der Waals surface area contributed by atoms with Gasteiger partial charge in [0.2, 0.25) is 11.8 Å². The lowest BCUT2D eigenvalue weighted by Gasteiger charge is -2.27. The number of carbonyl (C=O) groups excluding carboxylic acids is 2. The van der Waals surface area contributed by atoms with Crippen LogP contribution in [0.25, 0.3) is 0 Å². The number of piperazine rings is 1. The second-order valence-electron chi connectivity index (χ2n) is 4.03. The molecule has 5 nitrogen and oxygen atoms in total. The van der Waals surface area contributed by atoms with Crippen molar-refractivity contribution in [2.24, 2.45) is 5.73 Å². The van der Waals surface area contributed by atoms with Crippen molar-refractivity contribution in [3.8, 4) is 0 Å². The first-order valence-electron chi connectivity index (χ1n) is 5.55. The number of benzene rings is 1. The molecule has 1 aliphatic heterocycles. The molecular weight excluding hydrogens is 218 g/mol. The maximum atomic E-state index is 11.2. The average molecular weight is 233 g/mol. The van der Waals surface area contributed by atoms with Crippen molar-refractivity contribution < 1.29 is 9.59 Å². The number of imide groups is 1. The maximum Gasteiger partial charge on any atom is 0.246 e. The van der Waals surface area contributed by atoms with Gasteiger partial charge in [0, 0.05) is 5.69 Å². The van der Waals surface area contributed by atoms with Crippen LogP contribution in [-0.4, -0.2) is 31.4 Å². The highest BCUT2D eigenvalue weighted by molar-refractivity contribution is 6.02. The normalized spacial score (nSPS) is 15.9. The fourth-order valence-corrected chi connectivity index (χ4v) is 1.86. The molecule has 1 aromatic carbocycles. The molecule has 2 amide bonds. The Morgan fingerprint density at radius 2 is 1.71 bits per heavy atom. The Hall–Kier alpha value is -1.88. The van der Waals surface area contributed by atoms with Crippen LogP contribution in [0.15, 0.2) is 24.3 Å². The predicted octanol–water partition coefficient (Wildman–Crippen LogP) is -0.349. The van der Waals surface area contributed by atoms with E-state index in [1.165, 1.54) is 0 Å². The maximum absolute atomic E-state index is 11.2. The Balaban J connectivity index is 2.11. The monoisotopic (exact) mass is 233 g/mol. The van der Waals surface area contributed by atoms with E-state index in [0.717, 1.165) is 17.7 Å². The molecule has 3 N–H and O–H groups in total. The van der Waals surface area contributed by atoms with Gasteiger partial charge in [0.05, 0.1) is 13.1 Å². The third-order valence-electron chi connectivity index (χ3n) is 2.68. The molecule has 1 saturated heterocycles. The van der Waals surface area contributed by atoms with Gasteiger partial charge < -0.3 is 10.6 Å². The molecule has 17 heavy (non-hydrogen) atoms. The molecule has 0 atom stereocenters. The van der Waals surface area contributed by atoms with Gasteiger partial charge in [0.15, 0.2) is 0 Å². The van der Waals surface area contributed by atoms with Gasteiger partial charge in [-0.1, -0.05) is 12.1 Å². The minimum atomic E-state index is -0.257. The third-order valence-corrected chi connectivity index (χ3v) is 2.68. The van der Waals surface area contributed by atoms with E-state index in [1.807, 2.05) is 24.3 Å². The third kappa shape index (κ3) is 2.82. The highest BCUT2D eigenvalue weighted by Gasteiger charge is 2.22. The molecule has 90 valence electrons. The van der Waals surface area contributed by atoms with E-state index >= 15 is 0 Å². The zero-order valence-electron chi connectivity index (χ0n) is 9.48. The van der Waals surface area contributed by atoms with E-state index in [4.69, 9.17) is 5.73 Å². The van der Waals surface area contributed by atoms with E-state index in [-0.39, 0.29) is 24.9 Å². The number of rotatable bonds is 3. The van der Waals surface area contributed by atoms with Crippen LogP contribution in [0.4, 0.5) is 5.69 Å².